The zero-order valence-corrected chi connectivity index (χ0v) is 7.35. The number of carboxylic acids is 1. The van der Waals surface area contributed by atoms with Crippen LogP contribution in [0.2, 0.25) is 0 Å². The van der Waals surface area contributed by atoms with Gasteiger partial charge in [-0.1, -0.05) is 0 Å². The third-order valence-corrected chi connectivity index (χ3v) is 1.99. The van der Waals surface area contributed by atoms with Crippen molar-refractivity contribution in [2.45, 2.75) is 13.0 Å². The summed E-state index contributed by atoms with van der Waals surface area (Å²) in [6.07, 6.45) is 0. The van der Waals surface area contributed by atoms with Gasteiger partial charge in [0.05, 0.1) is 0 Å². The van der Waals surface area contributed by atoms with Crippen molar-refractivity contribution in [3.05, 3.63) is 0 Å². The molecule has 6 nitrogen and oxygen atoms in total. The molecule has 72 valence electrons. The Labute approximate surface area is 74.7 Å². The number of carboxylic acid groups (broad SMARTS) is 1. The van der Waals surface area contributed by atoms with Crippen LogP contribution in [0.1, 0.15) is 6.92 Å². The molecule has 1 N–H and O–H groups in total. The maximum absolute atomic E-state index is 11.2. The average Bonchev–Trinajstić information content (AvgIpc) is 2.22. The fraction of sp³-hybridized carbons (Fsp3) is 0.571. The first-order valence-electron chi connectivity index (χ1n) is 3.75. The lowest BCUT2D eigenvalue weighted by atomic mass is 10.3. The van der Waals surface area contributed by atoms with Crippen LogP contribution < -0.4 is 0 Å². The van der Waals surface area contributed by atoms with Crippen molar-refractivity contribution in [2.24, 2.45) is 0 Å². The second-order valence-electron chi connectivity index (χ2n) is 2.88. The van der Waals surface area contributed by atoms with Crippen LogP contribution in [0.4, 0.5) is 4.79 Å². The molecule has 1 saturated heterocycles. The third-order valence-electron chi connectivity index (χ3n) is 1.99. The summed E-state index contributed by atoms with van der Waals surface area (Å²) < 4.78 is 0. The molecule has 0 bridgehead atoms. The quantitative estimate of drug-likeness (QED) is 0.581. The predicted molar refractivity (Wildman–Crippen MR) is 42.0 cm³/mol. The molecule has 0 aromatic rings. The maximum Gasteiger partial charge on any atom is 0.327 e. The van der Waals surface area contributed by atoms with E-state index in [2.05, 4.69) is 0 Å². The van der Waals surface area contributed by atoms with E-state index in [1.54, 1.807) is 0 Å². The number of carbonyl (C=O) groups excluding carboxylic acids is 2. The van der Waals surface area contributed by atoms with Crippen molar-refractivity contribution < 1.29 is 19.5 Å². The molecular weight excluding hydrogens is 176 g/mol. The van der Waals surface area contributed by atoms with Crippen LogP contribution in [0.5, 0.6) is 0 Å². The number of carbonyl (C=O) groups is 3. The molecule has 1 atom stereocenters. The number of hydrogen-bond donors (Lipinski definition) is 1. The summed E-state index contributed by atoms with van der Waals surface area (Å²) >= 11 is 0. The molecule has 0 spiro atoms. The summed E-state index contributed by atoms with van der Waals surface area (Å²) in [7, 11) is 1.34. The SMILES string of the molecule is CC1C(=O)N(C)C(=O)N1CC(=O)O. The van der Waals surface area contributed by atoms with Crippen molar-refractivity contribution in [1.82, 2.24) is 9.80 Å². The Morgan fingerprint density at radius 3 is 2.38 bits per heavy atom. The lowest BCUT2D eigenvalue weighted by Gasteiger charge is -2.15. The van der Waals surface area contributed by atoms with Crippen LogP contribution in [0, 0.1) is 0 Å². The third kappa shape index (κ3) is 1.47. The van der Waals surface area contributed by atoms with Crippen LogP contribution >= 0.6 is 0 Å². The van der Waals surface area contributed by atoms with Gasteiger partial charge < -0.3 is 10.0 Å². The first-order valence-corrected chi connectivity index (χ1v) is 3.75. The lowest BCUT2D eigenvalue weighted by Crippen LogP contribution is -2.37. The van der Waals surface area contributed by atoms with Gasteiger partial charge in [-0.05, 0) is 6.92 Å². The van der Waals surface area contributed by atoms with Gasteiger partial charge in [0.25, 0.3) is 5.91 Å². The second kappa shape index (κ2) is 3.04. The first-order chi connectivity index (χ1) is 5.95. The molecule has 1 aliphatic rings. The summed E-state index contributed by atoms with van der Waals surface area (Å²) in [5, 5.41) is 8.46. The molecule has 1 heterocycles. The smallest absolute Gasteiger partial charge is 0.327 e. The van der Waals surface area contributed by atoms with Gasteiger partial charge >= 0.3 is 12.0 Å². The topological polar surface area (TPSA) is 77.9 Å². The van der Waals surface area contributed by atoms with Crippen LogP contribution in [0.3, 0.4) is 0 Å². The molecule has 3 amide bonds. The molecule has 13 heavy (non-hydrogen) atoms. The van der Waals surface area contributed by atoms with Gasteiger partial charge in [0.15, 0.2) is 0 Å². The number of rotatable bonds is 2. The molecule has 0 saturated carbocycles. The van der Waals surface area contributed by atoms with Crippen LogP contribution in [-0.2, 0) is 9.59 Å². The van der Waals surface area contributed by atoms with E-state index in [0.29, 0.717) is 0 Å². The number of imide groups is 1. The van der Waals surface area contributed by atoms with E-state index >= 15 is 0 Å². The number of nitrogens with zero attached hydrogens (tertiary/aromatic N) is 2. The van der Waals surface area contributed by atoms with Crippen molar-refractivity contribution in [1.29, 1.82) is 0 Å². The Bertz CT molecular complexity index is 276. The minimum absolute atomic E-state index is 0.369. The minimum atomic E-state index is -1.12. The van der Waals surface area contributed by atoms with E-state index in [0.717, 1.165) is 9.80 Å². The number of amides is 3. The standard InChI is InChI=1S/C7H10N2O4/c1-4-6(12)8(2)7(13)9(4)3-5(10)11/h4H,3H2,1-2H3,(H,10,11). The van der Waals surface area contributed by atoms with E-state index in [1.165, 1.54) is 14.0 Å². The molecule has 1 unspecified atom stereocenters. The largest absolute Gasteiger partial charge is 0.480 e. The second-order valence-corrected chi connectivity index (χ2v) is 2.88. The van der Waals surface area contributed by atoms with Gasteiger partial charge in [-0.25, -0.2) is 4.79 Å². The molecule has 0 radical (unpaired) electrons. The number of likely N-dealkylation sites (N-methyl/N-ethyl adjacent to an activating group) is 1. The molecule has 0 aromatic carbocycles. The van der Waals surface area contributed by atoms with Gasteiger partial charge in [-0.3, -0.25) is 14.5 Å². The molecule has 1 fully saturated rings. The van der Waals surface area contributed by atoms with Crippen molar-refractivity contribution in [3.63, 3.8) is 0 Å². The Morgan fingerprint density at radius 2 is 2.08 bits per heavy atom. The van der Waals surface area contributed by atoms with Gasteiger partial charge in [0, 0.05) is 7.05 Å². The van der Waals surface area contributed by atoms with Gasteiger partial charge in [-0.2, -0.15) is 0 Å². The highest BCUT2D eigenvalue weighted by atomic mass is 16.4. The van der Waals surface area contributed by atoms with Gasteiger partial charge in [0.2, 0.25) is 0 Å². The summed E-state index contributed by atoms with van der Waals surface area (Å²) in [6.45, 7) is 1.07. The minimum Gasteiger partial charge on any atom is -0.480 e. The highest BCUT2D eigenvalue weighted by Crippen LogP contribution is 2.14. The molecule has 1 rings (SSSR count). The fourth-order valence-corrected chi connectivity index (χ4v) is 1.22. The number of aliphatic carboxylic acids is 1. The fourth-order valence-electron chi connectivity index (χ4n) is 1.22. The van der Waals surface area contributed by atoms with Crippen molar-refractivity contribution in [3.8, 4) is 0 Å². The van der Waals surface area contributed by atoms with Crippen molar-refractivity contribution in [2.75, 3.05) is 13.6 Å². The summed E-state index contributed by atoms with van der Waals surface area (Å²) in [6, 6.07) is -1.23. The normalized spacial score (nSPS) is 22.8. The maximum atomic E-state index is 11.2. The summed E-state index contributed by atoms with van der Waals surface area (Å²) in [5.74, 6) is -1.49. The summed E-state index contributed by atoms with van der Waals surface area (Å²) in [5.41, 5.74) is 0. The Hall–Kier alpha value is -1.59. The van der Waals surface area contributed by atoms with Gasteiger partial charge in [0.1, 0.15) is 12.6 Å². The van der Waals surface area contributed by atoms with E-state index in [4.69, 9.17) is 5.11 Å². The molecule has 0 aromatic heterocycles. The van der Waals surface area contributed by atoms with Crippen LogP contribution in [0.25, 0.3) is 0 Å². The van der Waals surface area contributed by atoms with E-state index in [9.17, 15) is 14.4 Å². The molecule has 1 aliphatic heterocycles. The Morgan fingerprint density at radius 1 is 1.54 bits per heavy atom. The molecular formula is C7H10N2O4. The van der Waals surface area contributed by atoms with Crippen LogP contribution in [0.15, 0.2) is 0 Å². The van der Waals surface area contributed by atoms with Crippen molar-refractivity contribution >= 4 is 17.9 Å². The Balaban J connectivity index is 2.81. The van der Waals surface area contributed by atoms with E-state index in [-0.39, 0.29) is 5.91 Å². The lowest BCUT2D eigenvalue weighted by molar-refractivity contribution is -0.138. The Kier molecular flexibility index (Phi) is 2.22. The number of urea groups is 1. The number of hydrogen-bond acceptors (Lipinski definition) is 3. The molecule has 0 aliphatic carbocycles. The highest BCUT2D eigenvalue weighted by molar-refractivity contribution is 6.04. The molecule has 6 heteroatoms. The summed E-state index contributed by atoms with van der Waals surface area (Å²) in [4.78, 5) is 34.7. The zero-order valence-electron chi connectivity index (χ0n) is 7.35. The zero-order chi connectivity index (χ0) is 10.2. The van der Waals surface area contributed by atoms with E-state index in [1.807, 2.05) is 0 Å². The van der Waals surface area contributed by atoms with Gasteiger partial charge in [-0.15, -0.1) is 0 Å². The highest BCUT2D eigenvalue weighted by Gasteiger charge is 2.40. The first kappa shape index (κ1) is 9.50. The average molecular weight is 186 g/mol. The van der Waals surface area contributed by atoms with E-state index < -0.39 is 24.6 Å². The van der Waals surface area contributed by atoms with Crippen LogP contribution in [-0.4, -0.2) is 52.4 Å². The monoisotopic (exact) mass is 186 g/mol. The predicted octanol–water partition coefficient (Wildman–Crippen LogP) is -0.646.